The van der Waals surface area contributed by atoms with E-state index in [4.69, 9.17) is 28.0 Å². The smallest absolute Gasteiger partial charge is 0.321 e. The van der Waals surface area contributed by atoms with Crippen molar-refractivity contribution in [1.29, 1.82) is 0 Å². The van der Waals surface area contributed by atoms with Gasteiger partial charge in [0.25, 0.3) is 0 Å². The van der Waals surface area contributed by atoms with Crippen molar-refractivity contribution in [2.45, 2.75) is 38.8 Å². The SMILES string of the molecule is CC1CC(=O)C=C(c2cccc(Cl)c2)N1OC(=O)N1C(c2ccc(Cl)nc2)=CC(=O)CC1C. The molecule has 2 aromatic rings. The van der Waals surface area contributed by atoms with Crippen molar-refractivity contribution in [3.05, 3.63) is 76.0 Å². The van der Waals surface area contributed by atoms with E-state index >= 15 is 0 Å². The number of amides is 1. The van der Waals surface area contributed by atoms with Gasteiger partial charge in [0.05, 0.1) is 17.4 Å². The first-order valence-electron chi connectivity index (χ1n) is 10.4. The second-order valence-corrected chi connectivity index (χ2v) is 8.85. The zero-order chi connectivity index (χ0) is 23.7. The van der Waals surface area contributed by atoms with Crippen molar-refractivity contribution in [2.24, 2.45) is 0 Å². The second kappa shape index (κ2) is 9.37. The van der Waals surface area contributed by atoms with Crippen LogP contribution >= 0.6 is 23.2 Å². The molecule has 0 aliphatic carbocycles. The average molecular weight is 486 g/mol. The Kier molecular flexibility index (Phi) is 6.54. The fourth-order valence-electron chi connectivity index (χ4n) is 3.94. The first-order chi connectivity index (χ1) is 15.7. The maximum Gasteiger partial charge on any atom is 0.439 e. The van der Waals surface area contributed by atoms with E-state index in [1.165, 1.54) is 28.3 Å². The number of halogens is 2. The van der Waals surface area contributed by atoms with Gasteiger partial charge in [0.1, 0.15) is 5.15 Å². The van der Waals surface area contributed by atoms with E-state index in [0.717, 1.165) is 0 Å². The number of pyridine rings is 1. The maximum atomic E-state index is 13.4. The number of aromatic nitrogens is 1. The zero-order valence-corrected chi connectivity index (χ0v) is 19.5. The summed E-state index contributed by atoms with van der Waals surface area (Å²) >= 11 is 12.0. The summed E-state index contributed by atoms with van der Waals surface area (Å²) in [5.74, 6) is -0.178. The van der Waals surface area contributed by atoms with Gasteiger partial charge in [-0.25, -0.2) is 14.8 Å². The number of nitrogens with zero attached hydrogens (tertiary/aromatic N) is 3. The molecule has 170 valence electrons. The maximum absolute atomic E-state index is 13.4. The van der Waals surface area contributed by atoms with Crippen molar-refractivity contribution in [3.8, 4) is 0 Å². The molecule has 1 amide bonds. The van der Waals surface area contributed by atoms with E-state index in [1.54, 1.807) is 50.2 Å². The van der Waals surface area contributed by atoms with Gasteiger partial charge in [-0.1, -0.05) is 35.3 Å². The van der Waals surface area contributed by atoms with Crippen LogP contribution in [-0.2, 0) is 14.4 Å². The minimum Gasteiger partial charge on any atom is -0.321 e. The summed E-state index contributed by atoms with van der Waals surface area (Å²) in [6.45, 7) is 3.57. The summed E-state index contributed by atoms with van der Waals surface area (Å²) in [6.07, 6.45) is 4.02. The molecule has 7 nitrogen and oxygen atoms in total. The normalized spacial score (nSPS) is 21.0. The van der Waals surface area contributed by atoms with Crippen LogP contribution in [-0.4, -0.2) is 44.7 Å². The largest absolute Gasteiger partial charge is 0.439 e. The number of ketones is 2. The second-order valence-electron chi connectivity index (χ2n) is 8.03. The molecule has 0 fully saturated rings. The van der Waals surface area contributed by atoms with Crippen LogP contribution in [0, 0.1) is 0 Å². The Hall–Kier alpha value is -3.16. The molecule has 0 saturated heterocycles. The average Bonchev–Trinajstić information content (AvgIpc) is 2.75. The molecule has 0 radical (unpaired) electrons. The number of hydrogen-bond acceptors (Lipinski definition) is 6. The summed E-state index contributed by atoms with van der Waals surface area (Å²) in [4.78, 5) is 49.3. The van der Waals surface area contributed by atoms with Crippen LogP contribution in [0.4, 0.5) is 4.79 Å². The molecule has 2 atom stereocenters. The highest BCUT2D eigenvalue weighted by Gasteiger charge is 2.36. The summed E-state index contributed by atoms with van der Waals surface area (Å²) in [5, 5.41) is 2.22. The van der Waals surface area contributed by atoms with E-state index in [2.05, 4.69) is 4.98 Å². The minimum atomic E-state index is -0.676. The lowest BCUT2D eigenvalue weighted by molar-refractivity contribution is -0.126. The Bertz CT molecular complexity index is 1180. The molecule has 0 N–H and O–H groups in total. The Morgan fingerprint density at radius 3 is 2.33 bits per heavy atom. The number of hydrogen-bond donors (Lipinski definition) is 0. The Morgan fingerprint density at radius 2 is 1.67 bits per heavy atom. The van der Waals surface area contributed by atoms with Gasteiger partial charge in [-0.2, -0.15) is 0 Å². The van der Waals surface area contributed by atoms with Crippen LogP contribution in [0.3, 0.4) is 0 Å². The number of allylic oxidation sites excluding steroid dienone is 2. The zero-order valence-electron chi connectivity index (χ0n) is 18.0. The van der Waals surface area contributed by atoms with Crippen molar-refractivity contribution >= 4 is 52.3 Å². The summed E-state index contributed by atoms with van der Waals surface area (Å²) in [7, 11) is 0. The minimum absolute atomic E-state index is 0.0745. The summed E-state index contributed by atoms with van der Waals surface area (Å²) < 4.78 is 0. The molecule has 0 spiro atoms. The fourth-order valence-corrected chi connectivity index (χ4v) is 4.24. The fraction of sp³-hybridized carbons (Fsp3) is 0.250. The third-order valence-electron chi connectivity index (χ3n) is 5.44. The van der Waals surface area contributed by atoms with Crippen molar-refractivity contribution < 1.29 is 19.2 Å². The number of rotatable bonds is 3. The topological polar surface area (TPSA) is 79.8 Å². The molecule has 2 aliphatic rings. The van der Waals surface area contributed by atoms with E-state index in [-0.39, 0.29) is 24.4 Å². The van der Waals surface area contributed by atoms with Crippen molar-refractivity contribution in [2.75, 3.05) is 0 Å². The highest BCUT2D eigenvalue weighted by atomic mass is 35.5. The van der Waals surface area contributed by atoms with Gasteiger partial charge in [0.15, 0.2) is 11.6 Å². The predicted molar refractivity (Wildman–Crippen MR) is 125 cm³/mol. The quantitative estimate of drug-likeness (QED) is 0.559. The molecule has 4 rings (SSSR count). The monoisotopic (exact) mass is 485 g/mol. The first-order valence-corrected chi connectivity index (χ1v) is 11.2. The summed E-state index contributed by atoms with van der Waals surface area (Å²) in [6, 6.07) is 9.40. The van der Waals surface area contributed by atoms with E-state index in [9.17, 15) is 14.4 Å². The van der Waals surface area contributed by atoms with Crippen LogP contribution < -0.4 is 0 Å². The van der Waals surface area contributed by atoms with Gasteiger partial charge in [0.2, 0.25) is 0 Å². The molecule has 2 aliphatic heterocycles. The number of carbonyl (C=O) groups is 3. The van der Waals surface area contributed by atoms with Gasteiger partial charge in [0, 0.05) is 53.4 Å². The standard InChI is InChI=1S/C24H21Cl2N3O4/c1-14-8-19(30)11-21(17-6-7-23(26)27-13-17)28(14)24(32)33-29-15(2)9-20(31)12-22(29)16-4-3-5-18(25)10-16/h3-7,10-15H,8-9H2,1-2H3. The molecular weight excluding hydrogens is 465 g/mol. The summed E-state index contributed by atoms with van der Waals surface area (Å²) in [5.41, 5.74) is 2.02. The van der Waals surface area contributed by atoms with E-state index < -0.39 is 18.2 Å². The van der Waals surface area contributed by atoms with Crippen LogP contribution in [0.1, 0.15) is 37.8 Å². The molecule has 1 aromatic heterocycles. The lowest BCUT2D eigenvalue weighted by atomic mass is 10.0. The lowest BCUT2D eigenvalue weighted by Crippen LogP contribution is -2.46. The molecular formula is C24H21Cl2N3O4. The van der Waals surface area contributed by atoms with Crippen molar-refractivity contribution in [1.82, 2.24) is 14.9 Å². The highest BCUT2D eigenvalue weighted by Crippen LogP contribution is 2.33. The van der Waals surface area contributed by atoms with E-state index in [0.29, 0.717) is 32.7 Å². The molecule has 33 heavy (non-hydrogen) atoms. The Morgan fingerprint density at radius 1 is 0.970 bits per heavy atom. The van der Waals surface area contributed by atoms with Gasteiger partial charge < -0.3 is 4.84 Å². The number of carbonyl (C=O) groups excluding carboxylic acids is 3. The lowest BCUT2D eigenvalue weighted by Gasteiger charge is -2.38. The third kappa shape index (κ3) is 4.94. The molecule has 0 saturated carbocycles. The molecule has 3 heterocycles. The Labute approximate surface area is 201 Å². The van der Waals surface area contributed by atoms with Crippen LogP contribution in [0.5, 0.6) is 0 Å². The van der Waals surface area contributed by atoms with Crippen LogP contribution in [0.25, 0.3) is 11.4 Å². The Balaban J connectivity index is 1.67. The molecule has 0 bridgehead atoms. The van der Waals surface area contributed by atoms with Crippen LogP contribution in [0.2, 0.25) is 10.2 Å². The molecule has 1 aromatic carbocycles. The van der Waals surface area contributed by atoms with Crippen LogP contribution in [0.15, 0.2) is 54.7 Å². The third-order valence-corrected chi connectivity index (χ3v) is 5.90. The predicted octanol–water partition coefficient (Wildman–Crippen LogP) is 5.15. The highest BCUT2D eigenvalue weighted by molar-refractivity contribution is 6.30. The van der Waals surface area contributed by atoms with Gasteiger partial charge in [-0.15, -0.1) is 0 Å². The molecule has 9 heteroatoms. The van der Waals surface area contributed by atoms with Crippen molar-refractivity contribution in [3.63, 3.8) is 0 Å². The number of hydroxylamine groups is 2. The first kappa shape index (κ1) is 23.0. The van der Waals surface area contributed by atoms with Gasteiger partial charge in [-0.05, 0) is 38.1 Å². The molecule has 2 unspecified atom stereocenters. The van der Waals surface area contributed by atoms with E-state index in [1.807, 2.05) is 0 Å². The van der Waals surface area contributed by atoms with Gasteiger partial charge >= 0.3 is 6.09 Å². The number of benzene rings is 1. The van der Waals surface area contributed by atoms with Gasteiger partial charge in [-0.3, -0.25) is 14.5 Å².